The third-order valence-corrected chi connectivity index (χ3v) is 7.68. The first-order valence-corrected chi connectivity index (χ1v) is 12.9. The van der Waals surface area contributed by atoms with Gasteiger partial charge in [-0.25, -0.2) is 4.98 Å². The molecular weight excluding hydrogens is 518 g/mol. The van der Waals surface area contributed by atoms with Crippen LogP contribution in [0.5, 0.6) is 0 Å². The van der Waals surface area contributed by atoms with Gasteiger partial charge in [0.15, 0.2) is 5.12 Å². The van der Waals surface area contributed by atoms with Gasteiger partial charge in [-0.2, -0.15) is 0 Å². The van der Waals surface area contributed by atoms with Crippen LogP contribution >= 0.6 is 27.7 Å². The molecule has 7 nitrogen and oxygen atoms in total. The number of carbonyl (C=O) groups excluding carboxylic acids is 3. The number of aryl methyl sites for hydroxylation is 2. The summed E-state index contributed by atoms with van der Waals surface area (Å²) in [5, 5.41) is 3.90. The second kappa shape index (κ2) is 10.7. The highest BCUT2D eigenvalue weighted by Crippen LogP contribution is 2.41. The Hall–Kier alpha value is -2.65. The summed E-state index contributed by atoms with van der Waals surface area (Å²) in [7, 11) is 1.36. The number of amides is 1. The van der Waals surface area contributed by atoms with Crippen LogP contribution in [0.1, 0.15) is 42.4 Å². The molecule has 2 atom stereocenters. The van der Waals surface area contributed by atoms with Crippen molar-refractivity contribution >= 4 is 61.5 Å². The Kier molecular flexibility index (Phi) is 7.73. The summed E-state index contributed by atoms with van der Waals surface area (Å²) in [4.78, 5) is 44.7. The lowest BCUT2D eigenvalue weighted by Gasteiger charge is -2.23. The summed E-state index contributed by atoms with van der Waals surface area (Å²) in [6.07, 6.45) is 4.02. The van der Waals surface area contributed by atoms with Crippen molar-refractivity contribution in [3.8, 4) is 0 Å². The molecule has 1 amide bonds. The molecule has 1 aromatic carbocycles. The van der Waals surface area contributed by atoms with Gasteiger partial charge in [0.2, 0.25) is 5.91 Å². The van der Waals surface area contributed by atoms with Crippen molar-refractivity contribution in [3.05, 3.63) is 57.7 Å². The van der Waals surface area contributed by atoms with Gasteiger partial charge in [-0.05, 0) is 60.6 Å². The number of anilines is 1. The number of hydrogen-bond donors (Lipinski definition) is 2. The Balaban J connectivity index is 1.63. The molecule has 0 saturated heterocycles. The van der Waals surface area contributed by atoms with Gasteiger partial charge < -0.3 is 15.0 Å². The van der Waals surface area contributed by atoms with Gasteiger partial charge in [0.1, 0.15) is 11.5 Å². The number of aromatic nitrogens is 2. The van der Waals surface area contributed by atoms with Gasteiger partial charge in [0.05, 0.1) is 13.0 Å². The Morgan fingerprint density at radius 2 is 2.15 bits per heavy atom. The molecule has 0 bridgehead atoms. The molecule has 0 saturated carbocycles. The molecule has 0 spiro atoms. The number of hydrogen-bond acceptors (Lipinski definition) is 6. The lowest BCUT2D eigenvalue weighted by molar-refractivity contribution is -0.140. The molecule has 2 aromatic heterocycles. The van der Waals surface area contributed by atoms with Gasteiger partial charge in [-0.1, -0.05) is 33.8 Å². The lowest BCUT2D eigenvalue weighted by Crippen LogP contribution is -2.30. The molecule has 0 radical (unpaired) electrons. The van der Waals surface area contributed by atoms with Crippen LogP contribution in [0.4, 0.5) is 5.82 Å². The van der Waals surface area contributed by atoms with E-state index >= 15 is 0 Å². The third kappa shape index (κ3) is 5.36. The largest absolute Gasteiger partial charge is 0.469 e. The molecule has 2 unspecified atom stereocenters. The smallest absolute Gasteiger partial charge is 0.305 e. The first kappa shape index (κ1) is 24.5. The summed E-state index contributed by atoms with van der Waals surface area (Å²) in [5.74, 6) is 0.104. The van der Waals surface area contributed by atoms with Crippen molar-refractivity contribution in [2.45, 2.75) is 38.5 Å². The van der Waals surface area contributed by atoms with Crippen LogP contribution < -0.4 is 5.32 Å². The number of aromatic amines is 1. The number of esters is 1. The van der Waals surface area contributed by atoms with Gasteiger partial charge in [0.25, 0.3) is 0 Å². The minimum absolute atomic E-state index is 0.0135. The highest BCUT2D eigenvalue weighted by atomic mass is 79.9. The number of halogens is 1. The monoisotopic (exact) mass is 543 g/mol. The topological polar surface area (TPSA) is 101 Å². The molecule has 0 aliphatic heterocycles. The number of fused-ring (bicyclic) bond motifs is 2. The lowest BCUT2D eigenvalue weighted by atomic mass is 9.87. The molecule has 2 N–H and O–H groups in total. The molecule has 9 heteroatoms. The maximum absolute atomic E-state index is 13.6. The maximum atomic E-state index is 13.6. The van der Waals surface area contributed by atoms with E-state index in [1.807, 2.05) is 18.2 Å². The van der Waals surface area contributed by atoms with Crippen LogP contribution in [-0.2, 0) is 32.0 Å². The molecule has 2 heterocycles. The fourth-order valence-corrected chi connectivity index (χ4v) is 5.81. The first-order chi connectivity index (χ1) is 16.4. The minimum atomic E-state index is -0.385. The SMILES string of the molecule is COC(=O)CCc1c(NC(=O)C(CSC(C)=O)C2CCc3cc(Br)ccc32)[nH]c2ncccc12. The second-order valence-corrected chi connectivity index (χ2v) is 10.5. The average molecular weight is 544 g/mol. The normalized spacial score (nSPS) is 15.7. The molecule has 4 rings (SSSR count). The van der Waals surface area contributed by atoms with E-state index in [0.29, 0.717) is 23.6 Å². The summed E-state index contributed by atoms with van der Waals surface area (Å²) in [6, 6.07) is 9.91. The minimum Gasteiger partial charge on any atom is -0.469 e. The molecule has 34 heavy (non-hydrogen) atoms. The van der Waals surface area contributed by atoms with Crippen LogP contribution in [0.3, 0.4) is 0 Å². The molecule has 1 aliphatic carbocycles. The van der Waals surface area contributed by atoms with E-state index in [1.165, 1.54) is 31.4 Å². The molecule has 178 valence electrons. The summed E-state index contributed by atoms with van der Waals surface area (Å²) >= 11 is 4.71. The quantitative estimate of drug-likeness (QED) is 0.388. The molecular formula is C25H26BrN3O4S. The number of nitrogens with one attached hydrogen (secondary N) is 2. The van der Waals surface area contributed by atoms with Crippen LogP contribution in [0.15, 0.2) is 41.0 Å². The van der Waals surface area contributed by atoms with Gasteiger partial charge in [0, 0.05) is 40.7 Å². The van der Waals surface area contributed by atoms with E-state index in [4.69, 9.17) is 4.74 Å². The number of thioether (sulfide) groups is 1. The van der Waals surface area contributed by atoms with Crippen LogP contribution in [-0.4, -0.2) is 39.8 Å². The second-order valence-electron chi connectivity index (χ2n) is 8.34. The van der Waals surface area contributed by atoms with E-state index in [0.717, 1.165) is 33.8 Å². The predicted octanol–water partition coefficient (Wildman–Crippen LogP) is 5.00. The molecule has 1 aliphatic rings. The first-order valence-electron chi connectivity index (χ1n) is 11.1. The number of methoxy groups -OCH3 is 1. The van der Waals surface area contributed by atoms with Crippen molar-refractivity contribution in [1.82, 2.24) is 9.97 Å². The predicted molar refractivity (Wildman–Crippen MR) is 137 cm³/mol. The number of nitrogens with zero attached hydrogens (tertiary/aromatic N) is 1. The molecule has 0 fully saturated rings. The van der Waals surface area contributed by atoms with Crippen LogP contribution in [0, 0.1) is 5.92 Å². The number of H-pyrrole nitrogens is 1. The Morgan fingerprint density at radius 1 is 1.32 bits per heavy atom. The zero-order chi connectivity index (χ0) is 24.2. The fourth-order valence-electron chi connectivity index (χ4n) is 4.61. The maximum Gasteiger partial charge on any atom is 0.305 e. The number of benzene rings is 1. The van der Waals surface area contributed by atoms with Crippen molar-refractivity contribution in [2.75, 3.05) is 18.2 Å². The Bertz CT molecular complexity index is 1240. The number of rotatable bonds is 8. The van der Waals surface area contributed by atoms with Crippen molar-refractivity contribution in [2.24, 2.45) is 5.92 Å². The average Bonchev–Trinajstić information content (AvgIpc) is 3.38. The van der Waals surface area contributed by atoms with Crippen LogP contribution in [0.25, 0.3) is 11.0 Å². The highest BCUT2D eigenvalue weighted by molar-refractivity contribution is 9.10. The van der Waals surface area contributed by atoms with E-state index < -0.39 is 0 Å². The van der Waals surface area contributed by atoms with E-state index in [2.05, 4.69) is 43.3 Å². The summed E-state index contributed by atoms with van der Waals surface area (Å²) in [5.41, 5.74) is 3.86. The summed E-state index contributed by atoms with van der Waals surface area (Å²) in [6.45, 7) is 1.52. The standard InChI is InChI=1S/C25H26BrN3O4S/c1-14(30)34-13-21(18-7-5-15-12-16(26)6-8-17(15)18)25(32)29-24-20(9-10-22(31)33-2)19-4-3-11-27-23(19)28-24/h3-4,6,8,11-12,18,21H,5,7,9-10,13H2,1-2H3,(H,27,28)(H,29,32). The highest BCUT2D eigenvalue weighted by Gasteiger charge is 2.35. The van der Waals surface area contributed by atoms with Crippen molar-refractivity contribution < 1.29 is 19.1 Å². The van der Waals surface area contributed by atoms with E-state index in [1.54, 1.807) is 6.20 Å². The van der Waals surface area contributed by atoms with Crippen molar-refractivity contribution in [3.63, 3.8) is 0 Å². The Labute approximate surface area is 210 Å². The van der Waals surface area contributed by atoms with Crippen molar-refractivity contribution in [1.29, 1.82) is 0 Å². The zero-order valence-corrected chi connectivity index (χ0v) is 21.4. The molecule has 3 aromatic rings. The van der Waals surface area contributed by atoms with Gasteiger partial charge in [-0.15, -0.1) is 0 Å². The van der Waals surface area contributed by atoms with Gasteiger partial charge >= 0.3 is 5.97 Å². The Morgan fingerprint density at radius 3 is 2.91 bits per heavy atom. The zero-order valence-electron chi connectivity index (χ0n) is 19.0. The number of carbonyl (C=O) groups is 3. The van der Waals surface area contributed by atoms with Gasteiger partial charge in [-0.3, -0.25) is 14.4 Å². The number of pyridine rings is 1. The number of ether oxygens (including phenoxy) is 1. The van der Waals surface area contributed by atoms with E-state index in [-0.39, 0.29) is 35.2 Å². The fraction of sp³-hybridized carbons (Fsp3) is 0.360. The van der Waals surface area contributed by atoms with Crippen LogP contribution in [0.2, 0.25) is 0 Å². The van der Waals surface area contributed by atoms with E-state index in [9.17, 15) is 14.4 Å². The summed E-state index contributed by atoms with van der Waals surface area (Å²) < 4.78 is 5.81. The third-order valence-electron chi connectivity index (χ3n) is 6.25.